The first-order valence-electron chi connectivity index (χ1n) is 6.71. The lowest BCUT2D eigenvalue weighted by atomic mass is 10.1. The molecule has 0 saturated heterocycles. The minimum Gasteiger partial charge on any atom is -0.293 e. The molecule has 0 atom stereocenters. The van der Waals surface area contributed by atoms with Crippen LogP contribution in [0.3, 0.4) is 0 Å². The van der Waals surface area contributed by atoms with Crippen molar-refractivity contribution in [3.63, 3.8) is 0 Å². The number of hydrogen-bond donors (Lipinski definition) is 0. The lowest BCUT2D eigenvalue weighted by Crippen LogP contribution is -2.05. The van der Waals surface area contributed by atoms with Crippen LogP contribution in [0.2, 0.25) is 10.0 Å². The Morgan fingerprint density at radius 2 is 1.91 bits per heavy atom. The van der Waals surface area contributed by atoms with E-state index in [-0.39, 0.29) is 11.5 Å². The summed E-state index contributed by atoms with van der Waals surface area (Å²) in [4.78, 5) is 12.3. The van der Waals surface area contributed by atoms with Crippen molar-refractivity contribution in [2.45, 2.75) is 5.16 Å². The summed E-state index contributed by atoms with van der Waals surface area (Å²) in [5.41, 5.74) is 1.39. The lowest BCUT2D eigenvalue weighted by molar-refractivity contribution is 0.102. The van der Waals surface area contributed by atoms with Gasteiger partial charge in [0.05, 0.1) is 10.8 Å². The number of ketones is 1. The maximum Gasteiger partial charge on any atom is 0.196 e. The SMILES string of the molecule is O=C(CSc1nncn1-c1ccccc1)c1ccc(Cl)cc1Cl. The molecule has 0 aliphatic rings. The van der Waals surface area contributed by atoms with Gasteiger partial charge in [-0.2, -0.15) is 0 Å². The normalized spacial score (nSPS) is 10.7. The quantitative estimate of drug-likeness (QED) is 0.492. The first-order valence-corrected chi connectivity index (χ1v) is 8.46. The molecule has 2 aromatic carbocycles. The van der Waals surface area contributed by atoms with Gasteiger partial charge in [-0.3, -0.25) is 9.36 Å². The van der Waals surface area contributed by atoms with Crippen molar-refractivity contribution in [3.05, 3.63) is 70.5 Å². The predicted octanol–water partition coefficient (Wildman–Crippen LogP) is 4.55. The molecule has 0 fully saturated rings. The molecule has 0 spiro atoms. The fraction of sp³-hybridized carbons (Fsp3) is 0.0625. The van der Waals surface area contributed by atoms with Crippen LogP contribution in [0, 0.1) is 0 Å². The van der Waals surface area contributed by atoms with Gasteiger partial charge in [0.25, 0.3) is 0 Å². The van der Waals surface area contributed by atoms with Gasteiger partial charge in [-0.1, -0.05) is 53.2 Å². The van der Waals surface area contributed by atoms with Crippen molar-refractivity contribution < 1.29 is 4.79 Å². The summed E-state index contributed by atoms with van der Waals surface area (Å²) in [5, 5.41) is 9.48. The Labute approximate surface area is 147 Å². The molecule has 0 radical (unpaired) electrons. The van der Waals surface area contributed by atoms with E-state index in [9.17, 15) is 4.79 Å². The summed E-state index contributed by atoms with van der Waals surface area (Å²) in [6.45, 7) is 0. The zero-order valence-electron chi connectivity index (χ0n) is 11.8. The van der Waals surface area contributed by atoms with Crippen LogP contribution in [0.4, 0.5) is 0 Å². The molecule has 7 heteroatoms. The number of rotatable bonds is 5. The Kier molecular flexibility index (Phi) is 5.00. The molecule has 0 saturated carbocycles. The van der Waals surface area contributed by atoms with Gasteiger partial charge in [0.2, 0.25) is 0 Å². The Bertz CT molecular complexity index is 836. The van der Waals surface area contributed by atoms with Gasteiger partial charge in [-0.15, -0.1) is 10.2 Å². The zero-order chi connectivity index (χ0) is 16.2. The molecule has 0 aliphatic carbocycles. The molecule has 23 heavy (non-hydrogen) atoms. The topological polar surface area (TPSA) is 47.8 Å². The summed E-state index contributed by atoms with van der Waals surface area (Å²) >= 11 is 13.2. The average molecular weight is 364 g/mol. The highest BCUT2D eigenvalue weighted by Gasteiger charge is 2.14. The molecule has 1 aromatic heterocycles. The average Bonchev–Trinajstić information content (AvgIpc) is 3.02. The molecule has 1 heterocycles. The first-order chi connectivity index (χ1) is 11.1. The summed E-state index contributed by atoms with van der Waals surface area (Å²) in [6, 6.07) is 14.6. The monoisotopic (exact) mass is 363 g/mol. The van der Waals surface area contributed by atoms with Gasteiger partial charge >= 0.3 is 0 Å². The van der Waals surface area contributed by atoms with Gasteiger partial charge in [0.1, 0.15) is 6.33 Å². The molecule has 0 aliphatic heterocycles. The minimum atomic E-state index is -0.0840. The number of Topliss-reactive ketones (excluding diaryl/α,β-unsaturated/α-hetero) is 1. The number of aromatic nitrogens is 3. The zero-order valence-corrected chi connectivity index (χ0v) is 14.1. The summed E-state index contributed by atoms with van der Waals surface area (Å²) < 4.78 is 1.83. The van der Waals surface area contributed by atoms with E-state index in [4.69, 9.17) is 23.2 Å². The van der Waals surface area contributed by atoms with Crippen molar-refractivity contribution in [2.24, 2.45) is 0 Å². The van der Waals surface area contributed by atoms with Crippen LogP contribution in [0.25, 0.3) is 5.69 Å². The van der Waals surface area contributed by atoms with Crippen LogP contribution < -0.4 is 0 Å². The van der Waals surface area contributed by atoms with E-state index in [0.29, 0.717) is 20.8 Å². The summed E-state index contributed by atoms with van der Waals surface area (Å²) in [7, 11) is 0. The van der Waals surface area contributed by atoms with Crippen LogP contribution >= 0.6 is 35.0 Å². The Hall–Kier alpha value is -1.82. The first kappa shape index (κ1) is 16.1. The van der Waals surface area contributed by atoms with Crippen LogP contribution in [0.1, 0.15) is 10.4 Å². The van der Waals surface area contributed by atoms with Gasteiger partial charge in [-0.25, -0.2) is 0 Å². The summed E-state index contributed by atoms with van der Waals surface area (Å²) in [6.07, 6.45) is 1.62. The molecule has 3 aromatic rings. The maximum atomic E-state index is 12.3. The molecule has 0 unspecified atom stereocenters. The second kappa shape index (κ2) is 7.17. The van der Waals surface area contributed by atoms with E-state index < -0.39 is 0 Å². The molecular weight excluding hydrogens is 353 g/mol. The maximum absolute atomic E-state index is 12.3. The van der Waals surface area contributed by atoms with Gasteiger partial charge in [-0.05, 0) is 30.3 Å². The van der Waals surface area contributed by atoms with Crippen molar-refractivity contribution in [2.75, 3.05) is 5.75 Å². The largest absolute Gasteiger partial charge is 0.293 e. The third-order valence-corrected chi connectivity index (χ3v) is 4.61. The molecule has 4 nitrogen and oxygen atoms in total. The molecule has 116 valence electrons. The molecular formula is C16H11Cl2N3OS. The fourth-order valence-electron chi connectivity index (χ4n) is 2.01. The third kappa shape index (κ3) is 3.75. The fourth-order valence-corrected chi connectivity index (χ4v) is 3.34. The van der Waals surface area contributed by atoms with Crippen LogP contribution in [-0.2, 0) is 0 Å². The minimum absolute atomic E-state index is 0.0840. The van der Waals surface area contributed by atoms with Crippen molar-refractivity contribution in [3.8, 4) is 5.69 Å². The number of carbonyl (C=O) groups excluding carboxylic acids is 1. The molecule has 3 rings (SSSR count). The molecule has 0 amide bonds. The van der Waals surface area contributed by atoms with Crippen LogP contribution in [0.5, 0.6) is 0 Å². The number of nitrogens with zero attached hydrogens (tertiary/aromatic N) is 3. The number of thioether (sulfide) groups is 1. The van der Waals surface area contributed by atoms with Crippen molar-refractivity contribution in [1.29, 1.82) is 0 Å². The summed E-state index contributed by atoms with van der Waals surface area (Å²) in [5.74, 6) is 0.131. The van der Waals surface area contributed by atoms with Crippen molar-refractivity contribution in [1.82, 2.24) is 14.8 Å². The molecule has 0 bridgehead atoms. The van der Waals surface area contributed by atoms with E-state index >= 15 is 0 Å². The van der Waals surface area contributed by atoms with E-state index in [1.54, 1.807) is 24.5 Å². The highest BCUT2D eigenvalue weighted by Crippen LogP contribution is 2.25. The number of halogens is 2. The Morgan fingerprint density at radius 3 is 2.65 bits per heavy atom. The van der Waals surface area contributed by atoms with Crippen LogP contribution in [-0.4, -0.2) is 26.3 Å². The Balaban J connectivity index is 1.74. The highest BCUT2D eigenvalue weighted by atomic mass is 35.5. The van der Waals surface area contributed by atoms with Crippen molar-refractivity contribution >= 4 is 40.7 Å². The van der Waals surface area contributed by atoms with E-state index in [1.807, 2.05) is 34.9 Å². The number of carbonyl (C=O) groups is 1. The predicted molar refractivity (Wildman–Crippen MR) is 92.9 cm³/mol. The highest BCUT2D eigenvalue weighted by molar-refractivity contribution is 7.99. The van der Waals surface area contributed by atoms with E-state index in [1.165, 1.54) is 11.8 Å². The Morgan fingerprint density at radius 1 is 1.13 bits per heavy atom. The lowest BCUT2D eigenvalue weighted by Gasteiger charge is -2.06. The van der Waals surface area contributed by atoms with E-state index in [2.05, 4.69) is 10.2 Å². The van der Waals surface area contributed by atoms with Gasteiger partial charge < -0.3 is 0 Å². The van der Waals surface area contributed by atoms with Gasteiger partial charge in [0, 0.05) is 16.3 Å². The number of hydrogen-bond acceptors (Lipinski definition) is 4. The van der Waals surface area contributed by atoms with Crippen LogP contribution in [0.15, 0.2) is 60.0 Å². The second-order valence-corrected chi connectivity index (χ2v) is 6.44. The molecule has 0 N–H and O–H groups in total. The van der Waals surface area contributed by atoms with E-state index in [0.717, 1.165) is 5.69 Å². The number of benzene rings is 2. The standard InChI is InChI=1S/C16H11Cl2N3OS/c17-11-6-7-13(14(18)8-11)15(22)9-23-16-20-19-10-21(16)12-4-2-1-3-5-12/h1-8,10H,9H2. The smallest absolute Gasteiger partial charge is 0.196 e. The third-order valence-electron chi connectivity index (χ3n) is 3.11. The second-order valence-electron chi connectivity index (χ2n) is 4.66. The van der Waals surface area contributed by atoms with Gasteiger partial charge in [0.15, 0.2) is 10.9 Å². The number of para-hydroxylation sites is 1.